The fourth-order valence-electron chi connectivity index (χ4n) is 4.58. The zero-order valence-corrected chi connectivity index (χ0v) is 18.4. The van der Waals surface area contributed by atoms with Crippen molar-refractivity contribution in [1.29, 1.82) is 0 Å². The fraction of sp³-hybridized carbons (Fsp3) is 0.458. The Morgan fingerprint density at radius 3 is 2.66 bits per heavy atom. The molecule has 0 spiro atoms. The van der Waals surface area contributed by atoms with Crippen molar-refractivity contribution in [3.05, 3.63) is 48.5 Å². The van der Waals surface area contributed by atoms with E-state index in [-0.39, 0.29) is 18.1 Å². The first-order chi connectivity index (χ1) is 15.7. The van der Waals surface area contributed by atoms with Crippen LogP contribution in [-0.4, -0.2) is 58.9 Å². The Kier molecular flexibility index (Phi) is 5.94. The van der Waals surface area contributed by atoms with E-state index in [0.717, 1.165) is 74.5 Å². The average molecular weight is 436 g/mol. The van der Waals surface area contributed by atoms with Crippen molar-refractivity contribution in [1.82, 2.24) is 19.9 Å². The predicted octanol–water partition coefficient (Wildman–Crippen LogP) is 2.92. The minimum absolute atomic E-state index is 0.0126. The Morgan fingerprint density at radius 2 is 1.91 bits per heavy atom. The molecule has 1 saturated carbocycles. The van der Waals surface area contributed by atoms with Gasteiger partial charge in [0, 0.05) is 56.5 Å². The summed E-state index contributed by atoms with van der Waals surface area (Å²) in [6.07, 6.45) is 8.99. The lowest BCUT2D eigenvalue weighted by Crippen LogP contribution is -2.40. The van der Waals surface area contributed by atoms with Crippen molar-refractivity contribution in [3.63, 3.8) is 0 Å². The molecule has 2 aromatic heterocycles. The number of aryl methyl sites for hydroxylation is 1. The molecule has 32 heavy (non-hydrogen) atoms. The van der Waals surface area contributed by atoms with Crippen LogP contribution in [0.1, 0.15) is 36.2 Å². The maximum Gasteiger partial charge on any atom is 0.268 e. The largest absolute Gasteiger partial charge is 0.488 e. The molecule has 1 aliphatic carbocycles. The Morgan fingerprint density at radius 1 is 1.12 bits per heavy atom. The molecule has 3 aromatic rings. The number of carbonyl (C=O) groups excluding carboxylic acids is 1. The molecule has 8 heteroatoms. The molecule has 0 bridgehead atoms. The normalized spacial score (nSPS) is 21.5. The molecule has 1 saturated heterocycles. The molecule has 5 rings (SSSR count). The number of fused-ring (bicyclic) bond motifs is 1. The van der Waals surface area contributed by atoms with Crippen LogP contribution in [0.2, 0.25) is 0 Å². The first-order valence-electron chi connectivity index (χ1n) is 11.3. The maximum atomic E-state index is 12.5. The van der Waals surface area contributed by atoms with Gasteiger partial charge in [-0.3, -0.25) is 9.78 Å². The van der Waals surface area contributed by atoms with E-state index in [1.54, 1.807) is 12.4 Å². The van der Waals surface area contributed by atoms with E-state index in [1.807, 2.05) is 29.9 Å². The number of amides is 1. The van der Waals surface area contributed by atoms with Crippen molar-refractivity contribution >= 4 is 22.6 Å². The highest BCUT2D eigenvalue weighted by molar-refractivity contribution is 5.92. The van der Waals surface area contributed by atoms with Gasteiger partial charge in [0.2, 0.25) is 0 Å². The monoisotopic (exact) mass is 435 g/mol. The summed E-state index contributed by atoms with van der Waals surface area (Å²) in [6, 6.07) is 8.08. The summed E-state index contributed by atoms with van der Waals surface area (Å²) >= 11 is 0. The number of nitrogens with zero attached hydrogens (tertiary/aromatic N) is 4. The third-order valence-corrected chi connectivity index (χ3v) is 6.38. The van der Waals surface area contributed by atoms with E-state index in [4.69, 9.17) is 9.47 Å². The molecular formula is C24H29N5O3. The van der Waals surface area contributed by atoms with Crippen LogP contribution in [0, 0.1) is 0 Å². The van der Waals surface area contributed by atoms with Crippen LogP contribution < -0.4 is 15.0 Å². The number of ether oxygens (including phenoxy) is 2. The van der Waals surface area contributed by atoms with Crippen LogP contribution in [0.15, 0.2) is 42.9 Å². The van der Waals surface area contributed by atoms with Gasteiger partial charge in [-0.2, -0.15) is 0 Å². The molecule has 1 N–H and O–H groups in total. The molecule has 2 aliphatic rings. The molecule has 0 radical (unpaired) electrons. The van der Waals surface area contributed by atoms with E-state index in [9.17, 15) is 4.79 Å². The van der Waals surface area contributed by atoms with Crippen LogP contribution in [0.25, 0.3) is 11.0 Å². The SMILES string of the molecule is Cn1cccc1C(=O)N[C@H]1CC[C@@H](Oc2cc(N3CCOCC3)cc3nccnc23)CC1. The number of carbonyl (C=O) groups is 1. The number of anilines is 1. The standard InChI is InChI=1S/C24H29N5O3/c1-28-10-2-3-21(28)24(30)27-17-4-6-19(7-5-17)32-22-16-18(29-11-13-31-14-12-29)15-20-23(22)26-9-8-25-20/h2-3,8-10,15-17,19H,4-7,11-14H2,1H3,(H,27,30)/t17-,19+. The van der Waals surface area contributed by atoms with Crippen molar-refractivity contribution in [2.75, 3.05) is 31.2 Å². The smallest absolute Gasteiger partial charge is 0.268 e. The summed E-state index contributed by atoms with van der Waals surface area (Å²) in [5.41, 5.74) is 3.42. The zero-order valence-electron chi connectivity index (χ0n) is 18.4. The van der Waals surface area contributed by atoms with Gasteiger partial charge in [0.05, 0.1) is 24.8 Å². The van der Waals surface area contributed by atoms with Crippen LogP contribution >= 0.6 is 0 Å². The first-order valence-corrected chi connectivity index (χ1v) is 11.3. The van der Waals surface area contributed by atoms with Crippen LogP contribution in [0.3, 0.4) is 0 Å². The number of nitrogens with one attached hydrogen (secondary N) is 1. The summed E-state index contributed by atoms with van der Waals surface area (Å²) < 4.78 is 13.8. The number of aromatic nitrogens is 3. The third kappa shape index (κ3) is 4.41. The Labute approximate surface area is 187 Å². The molecule has 0 unspecified atom stereocenters. The molecule has 1 amide bonds. The molecule has 2 fully saturated rings. The first kappa shape index (κ1) is 20.8. The summed E-state index contributed by atoms with van der Waals surface area (Å²) in [7, 11) is 1.89. The zero-order chi connectivity index (χ0) is 21.9. The molecule has 3 heterocycles. The lowest BCUT2D eigenvalue weighted by Gasteiger charge is -2.31. The molecule has 1 aliphatic heterocycles. The number of benzene rings is 1. The number of morpholine rings is 1. The number of hydrogen-bond donors (Lipinski definition) is 1. The molecule has 8 nitrogen and oxygen atoms in total. The molecule has 0 atom stereocenters. The van der Waals surface area contributed by atoms with Gasteiger partial charge in [0.25, 0.3) is 5.91 Å². The second-order valence-corrected chi connectivity index (χ2v) is 8.54. The van der Waals surface area contributed by atoms with Gasteiger partial charge >= 0.3 is 0 Å². The maximum absolute atomic E-state index is 12.5. The highest BCUT2D eigenvalue weighted by atomic mass is 16.5. The highest BCUT2D eigenvalue weighted by Crippen LogP contribution is 2.33. The second-order valence-electron chi connectivity index (χ2n) is 8.54. The fourth-order valence-corrected chi connectivity index (χ4v) is 4.58. The van der Waals surface area contributed by atoms with Gasteiger partial charge in [-0.1, -0.05) is 0 Å². The molecule has 1 aromatic carbocycles. The van der Waals surface area contributed by atoms with Crippen molar-refractivity contribution in [2.24, 2.45) is 7.05 Å². The highest BCUT2D eigenvalue weighted by Gasteiger charge is 2.26. The van der Waals surface area contributed by atoms with Crippen molar-refractivity contribution in [3.8, 4) is 5.75 Å². The van der Waals surface area contributed by atoms with Gasteiger partial charge in [-0.25, -0.2) is 4.98 Å². The Balaban J connectivity index is 1.26. The van der Waals surface area contributed by atoms with Gasteiger partial charge in [-0.15, -0.1) is 0 Å². The summed E-state index contributed by atoms with van der Waals surface area (Å²) in [5.74, 6) is 0.773. The third-order valence-electron chi connectivity index (χ3n) is 6.38. The van der Waals surface area contributed by atoms with Crippen LogP contribution in [-0.2, 0) is 11.8 Å². The predicted molar refractivity (Wildman–Crippen MR) is 122 cm³/mol. The van der Waals surface area contributed by atoms with E-state index < -0.39 is 0 Å². The quantitative estimate of drug-likeness (QED) is 0.664. The van der Waals surface area contributed by atoms with Crippen molar-refractivity contribution < 1.29 is 14.3 Å². The van der Waals surface area contributed by atoms with Crippen molar-refractivity contribution in [2.45, 2.75) is 37.8 Å². The number of hydrogen-bond acceptors (Lipinski definition) is 6. The minimum Gasteiger partial charge on any atom is -0.488 e. The van der Waals surface area contributed by atoms with Crippen LogP contribution in [0.5, 0.6) is 5.75 Å². The Bertz CT molecular complexity index is 1080. The van der Waals surface area contributed by atoms with Gasteiger partial charge in [-0.05, 0) is 43.9 Å². The van der Waals surface area contributed by atoms with E-state index in [0.29, 0.717) is 5.69 Å². The lowest BCUT2D eigenvalue weighted by molar-refractivity contribution is 0.0887. The topological polar surface area (TPSA) is 81.5 Å². The molecular weight excluding hydrogens is 406 g/mol. The second kappa shape index (κ2) is 9.16. The van der Waals surface area contributed by atoms with Gasteiger partial charge < -0.3 is 24.3 Å². The minimum atomic E-state index is -0.0126. The van der Waals surface area contributed by atoms with Crippen LogP contribution in [0.4, 0.5) is 5.69 Å². The average Bonchev–Trinajstić information content (AvgIpc) is 3.27. The molecule has 168 valence electrons. The van der Waals surface area contributed by atoms with E-state index in [1.165, 1.54) is 0 Å². The van der Waals surface area contributed by atoms with Gasteiger partial charge in [0.15, 0.2) is 0 Å². The number of rotatable bonds is 5. The summed E-state index contributed by atoms with van der Waals surface area (Å²) in [5, 5.41) is 3.17. The Hall–Kier alpha value is -3.13. The van der Waals surface area contributed by atoms with Gasteiger partial charge in [0.1, 0.15) is 17.0 Å². The van der Waals surface area contributed by atoms with E-state index in [2.05, 4.69) is 32.3 Å². The van der Waals surface area contributed by atoms with E-state index >= 15 is 0 Å². The summed E-state index contributed by atoms with van der Waals surface area (Å²) in [6.45, 7) is 3.18. The summed E-state index contributed by atoms with van der Waals surface area (Å²) in [4.78, 5) is 23.9. The lowest BCUT2D eigenvalue weighted by atomic mass is 9.92.